The fourth-order valence-corrected chi connectivity index (χ4v) is 2.79. The van der Waals surface area contributed by atoms with Gasteiger partial charge in [-0.15, -0.1) is 0 Å². The Kier molecular flexibility index (Phi) is 6.38. The Morgan fingerprint density at radius 1 is 1.21 bits per heavy atom. The van der Waals surface area contributed by atoms with Crippen molar-refractivity contribution in [3.63, 3.8) is 0 Å². The summed E-state index contributed by atoms with van der Waals surface area (Å²) in [6.45, 7) is 4.89. The highest BCUT2D eigenvalue weighted by molar-refractivity contribution is 5.31. The van der Waals surface area contributed by atoms with Crippen LogP contribution in [-0.4, -0.2) is 19.8 Å². The molecule has 1 aromatic rings. The first-order valence-electron chi connectivity index (χ1n) is 7.80. The number of hydrogen-bond acceptors (Lipinski definition) is 2. The number of fused-ring (bicyclic) bond motifs is 1. The number of ether oxygens (including phenoxy) is 1. The lowest BCUT2D eigenvalue weighted by Crippen LogP contribution is -2.25. The van der Waals surface area contributed by atoms with Gasteiger partial charge in [0.2, 0.25) is 0 Å². The van der Waals surface area contributed by atoms with Gasteiger partial charge < -0.3 is 10.1 Å². The Hall–Kier alpha value is -0.860. The molecule has 1 aliphatic rings. The number of nitrogens with one attached hydrogen (secondary N) is 1. The van der Waals surface area contributed by atoms with Crippen LogP contribution in [0.5, 0.6) is 0 Å². The molecule has 1 aromatic carbocycles. The quantitative estimate of drug-likeness (QED) is 0.594. The monoisotopic (exact) mass is 261 g/mol. The molecule has 2 nitrogen and oxygen atoms in total. The van der Waals surface area contributed by atoms with Crippen LogP contribution in [0, 0.1) is 0 Å². The van der Waals surface area contributed by atoms with Gasteiger partial charge in [-0.3, -0.25) is 0 Å². The van der Waals surface area contributed by atoms with Gasteiger partial charge in [0, 0.05) is 19.2 Å². The summed E-state index contributed by atoms with van der Waals surface area (Å²) in [6, 6.07) is 9.42. The third-order valence-electron chi connectivity index (χ3n) is 3.90. The summed E-state index contributed by atoms with van der Waals surface area (Å²) in [5.41, 5.74) is 3.04. The van der Waals surface area contributed by atoms with Crippen molar-refractivity contribution in [2.75, 3.05) is 19.8 Å². The fourth-order valence-electron chi connectivity index (χ4n) is 2.79. The van der Waals surface area contributed by atoms with Gasteiger partial charge in [0.15, 0.2) is 0 Å². The standard InChI is InChI=1S/C17H27NO/c1-2-3-13-19-14-12-18-17-11-7-5-9-15-8-4-6-10-16(15)17/h4,6,8,10,17-18H,2-3,5,7,9,11-14H2,1H3. The lowest BCUT2D eigenvalue weighted by molar-refractivity contribution is 0.130. The highest BCUT2D eigenvalue weighted by Crippen LogP contribution is 2.28. The number of aryl methyl sites for hydroxylation is 1. The molecule has 1 atom stereocenters. The molecule has 0 saturated carbocycles. The molecule has 0 heterocycles. The summed E-state index contributed by atoms with van der Waals surface area (Å²) in [7, 11) is 0. The molecule has 0 spiro atoms. The topological polar surface area (TPSA) is 21.3 Å². The predicted molar refractivity (Wildman–Crippen MR) is 80.5 cm³/mol. The van der Waals surface area contributed by atoms with E-state index in [0.29, 0.717) is 6.04 Å². The van der Waals surface area contributed by atoms with Crippen LogP contribution in [0.4, 0.5) is 0 Å². The second kappa shape index (κ2) is 8.34. The van der Waals surface area contributed by atoms with Crippen molar-refractivity contribution in [3.05, 3.63) is 35.4 Å². The molecule has 0 amide bonds. The van der Waals surface area contributed by atoms with Crippen LogP contribution in [-0.2, 0) is 11.2 Å². The summed E-state index contributed by atoms with van der Waals surface area (Å²) in [5.74, 6) is 0. The van der Waals surface area contributed by atoms with Crippen LogP contribution < -0.4 is 5.32 Å². The fraction of sp³-hybridized carbons (Fsp3) is 0.647. The Labute approximate surface area is 117 Å². The van der Waals surface area contributed by atoms with E-state index in [9.17, 15) is 0 Å². The summed E-state index contributed by atoms with van der Waals surface area (Å²) in [5, 5.41) is 3.67. The molecule has 0 fully saturated rings. The average Bonchev–Trinajstić information content (AvgIpc) is 2.65. The highest BCUT2D eigenvalue weighted by Gasteiger charge is 2.17. The Bertz CT molecular complexity index is 364. The average molecular weight is 261 g/mol. The summed E-state index contributed by atoms with van der Waals surface area (Å²) < 4.78 is 5.62. The minimum Gasteiger partial charge on any atom is -0.380 e. The van der Waals surface area contributed by atoms with E-state index >= 15 is 0 Å². The molecule has 1 N–H and O–H groups in total. The van der Waals surface area contributed by atoms with Crippen LogP contribution in [0.25, 0.3) is 0 Å². The van der Waals surface area contributed by atoms with E-state index in [4.69, 9.17) is 4.74 Å². The summed E-state index contributed by atoms with van der Waals surface area (Å²) in [6.07, 6.45) is 7.52. The SMILES string of the molecule is CCCCOCCNC1CCCCc2ccccc21. The van der Waals surface area contributed by atoms with Crippen molar-refractivity contribution in [1.29, 1.82) is 0 Å². The zero-order chi connectivity index (χ0) is 13.3. The van der Waals surface area contributed by atoms with Crippen molar-refractivity contribution in [1.82, 2.24) is 5.32 Å². The maximum Gasteiger partial charge on any atom is 0.0591 e. The van der Waals surface area contributed by atoms with E-state index in [1.807, 2.05) is 0 Å². The summed E-state index contributed by atoms with van der Waals surface area (Å²) >= 11 is 0. The van der Waals surface area contributed by atoms with Crippen molar-refractivity contribution >= 4 is 0 Å². The van der Waals surface area contributed by atoms with Gasteiger partial charge in [-0.05, 0) is 36.8 Å². The first-order chi connectivity index (χ1) is 9.42. The Morgan fingerprint density at radius 2 is 2.11 bits per heavy atom. The van der Waals surface area contributed by atoms with Crippen LogP contribution in [0.1, 0.15) is 56.2 Å². The maximum absolute atomic E-state index is 5.62. The van der Waals surface area contributed by atoms with Gasteiger partial charge in [-0.1, -0.05) is 44.0 Å². The number of unbranched alkanes of at least 4 members (excludes halogenated alkanes) is 1. The third kappa shape index (κ3) is 4.63. The molecule has 2 rings (SSSR count). The van der Waals surface area contributed by atoms with Crippen LogP contribution in [0.15, 0.2) is 24.3 Å². The molecular formula is C17H27NO. The largest absolute Gasteiger partial charge is 0.380 e. The lowest BCUT2D eigenvalue weighted by atomic mass is 9.99. The molecule has 0 aromatic heterocycles. The van der Waals surface area contributed by atoms with Gasteiger partial charge in [0.1, 0.15) is 0 Å². The van der Waals surface area contributed by atoms with Gasteiger partial charge >= 0.3 is 0 Å². The predicted octanol–water partition coefficient (Wildman–Crippen LogP) is 3.86. The van der Waals surface area contributed by atoms with Crippen LogP contribution in [0.3, 0.4) is 0 Å². The van der Waals surface area contributed by atoms with Gasteiger partial charge in [-0.25, -0.2) is 0 Å². The second-order valence-electron chi connectivity index (χ2n) is 5.42. The number of hydrogen-bond donors (Lipinski definition) is 1. The molecule has 1 aliphatic carbocycles. The second-order valence-corrected chi connectivity index (χ2v) is 5.42. The molecule has 0 saturated heterocycles. The third-order valence-corrected chi connectivity index (χ3v) is 3.90. The van der Waals surface area contributed by atoms with Crippen molar-refractivity contribution in [2.24, 2.45) is 0 Å². The zero-order valence-electron chi connectivity index (χ0n) is 12.2. The summed E-state index contributed by atoms with van der Waals surface area (Å²) in [4.78, 5) is 0. The van der Waals surface area contributed by atoms with E-state index in [1.165, 1.54) is 49.7 Å². The van der Waals surface area contributed by atoms with E-state index in [2.05, 4.69) is 36.5 Å². The molecular weight excluding hydrogens is 234 g/mol. The minimum atomic E-state index is 0.522. The normalized spacial score (nSPS) is 18.9. The molecule has 106 valence electrons. The van der Waals surface area contributed by atoms with Gasteiger partial charge in [-0.2, -0.15) is 0 Å². The van der Waals surface area contributed by atoms with Crippen molar-refractivity contribution in [3.8, 4) is 0 Å². The van der Waals surface area contributed by atoms with E-state index < -0.39 is 0 Å². The molecule has 2 heteroatoms. The smallest absolute Gasteiger partial charge is 0.0591 e. The zero-order valence-corrected chi connectivity index (χ0v) is 12.2. The van der Waals surface area contributed by atoms with Crippen LogP contribution >= 0.6 is 0 Å². The first kappa shape index (κ1) is 14.5. The van der Waals surface area contributed by atoms with Crippen molar-refractivity contribution < 1.29 is 4.74 Å². The Morgan fingerprint density at radius 3 is 3.00 bits per heavy atom. The molecule has 0 bridgehead atoms. The molecule has 19 heavy (non-hydrogen) atoms. The molecule has 0 aliphatic heterocycles. The van der Waals surface area contributed by atoms with Gasteiger partial charge in [0.25, 0.3) is 0 Å². The van der Waals surface area contributed by atoms with Gasteiger partial charge in [0.05, 0.1) is 6.61 Å². The van der Waals surface area contributed by atoms with E-state index in [1.54, 1.807) is 0 Å². The van der Waals surface area contributed by atoms with Crippen molar-refractivity contribution in [2.45, 2.75) is 51.5 Å². The molecule has 0 radical (unpaired) electrons. The number of benzene rings is 1. The lowest BCUT2D eigenvalue weighted by Gasteiger charge is -2.19. The van der Waals surface area contributed by atoms with E-state index in [0.717, 1.165) is 19.8 Å². The maximum atomic E-state index is 5.62. The first-order valence-corrected chi connectivity index (χ1v) is 7.80. The number of rotatable bonds is 7. The highest BCUT2D eigenvalue weighted by atomic mass is 16.5. The minimum absolute atomic E-state index is 0.522. The van der Waals surface area contributed by atoms with E-state index in [-0.39, 0.29) is 0 Å². The van der Waals surface area contributed by atoms with Crippen LogP contribution in [0.2, 0.25) is 0 Å². The Balaban J connectivity index is 1.79. The molecule has 1 unspecified atom stereocenters.